The highest BCUT2D eigenvalue weighted by atomic mass is 35.5. The Hall–Kier alpha value is -3.05. The number of amides is 1. The largest absolute Gasteiger partial charge is 0.459 e. The fourth-order valence-electron chi connectivity index (χ4n) is 2.51. The van der Waals surface area contributed by atoms with Gasteiger partial charge < -0.3 is 14.2 Å². The van der Waals surface area contributed by atoms with Gasteiger partial charge in [0, 0.05) is 5.69 Å². The van der Waals surface area contributed by atoms with Gasteiger partial charge in [0.1, 0.15) is 5.52 Å². The lowest BCUT2D eigenvalue weighted by Crippen LogP contribution is -2.10. The van der Waals surface area contributed by atoms with Crippen molar-refractivity contribution in [2.24, 2.45) is 0 Å². The molecule has 2 aromatic heterocycles. The number of carbonyl (C=O) groups excluding carboxylic acids is 1. The van der Waals surface area contributed by atoms with E-state index in [2.05, 4.69) is 10.3 Å². The van der Waals surface area contributed by atoms with Gasteiger partial charge in [0.25, 0.3) is 5.91 Å². The van der Waals surface area contributed by atoms with Gasteiger partial charge in [0.05, 0.1) is 16.8 Å². The van der Waals surface area contributed by atoms with E-state index in [-0.39, 0.29) is 11.7 Å². The van der Waals surface area contributed by atoms with E-state index >= 15 is 0 Å². The summed E-state index contributed by atoms with van der Waals surface area (Å²) in [6.07, 6.45) is 1.45. The van der Waals surface area contributed by atoms with Gasteiger partial charge in [-0.2, -0.15) is 0 Å². The van der Waals surface area contributed by atoms with Gasteiger partial charge in [0.2, 0.25) is 5.89 Å². The summed E-state index contributed by atoms with van der Waals surface area (Å²) in [5.41, 5.74) is 3.70. The van der Waals surface area contributed by atoms with Crippen LogP contribution >= 0.6 is 11.6 Å². The Bertz CT molecular complexity index is 1070. The Morgan fingerprint density at radius 3 is 2.84 bits per heavy atom. The van der Waals surface area contributed by atoms with Crippen LogP contribution in [0.15, 0.2) is 63.6 Å². The predicted molar refractivity (Wildman–Crippen MR) is 95.9 cm³/mol. The van der Waals surface area contributed by atoms with E-state index in [1.807, 2.05) is 25.1 Å². The molecule has 4 aromatic rings. The van der Waals surface area contributed by atoms with E-state index in [0.717, 1.165) is 11.1 Å². The fourth-order valence-corrected chi connectivity index (χ4v) is 2.71. The summed E-state index contributed by atoms with van der Waals surface area (Å²) < 4.78 is 10.9. The summed E-state index contributed by atoms with van der Waals surface area (Å²) in [7, 11) is 0. The van der Waals surface area contributed by atoms with E-state index in [9.17, 15) is 4.79 Å². The maximum absolute atomic E-state index is 12.1. The third-order valence-electron chi connectivity index (χ3n) is 3.74. The van der Waals surface area contributed by atoms with E-state index in [1.54, 1.807) is 30.3 Å². The van der Waals surface area contributed by atoms with Gasteiger partial charge >= 0.3 is 0 Å². The Kier molecular flexibility index (Phi) is 3.78. The molecule has 0 saturated carbocycles. The summed E-state index contributed by atoms with van der Waals surface area (Å²) in [4.78, 5) is 16.6. The first-order chi connectivity index (χ1) is 12.1. The summed E-state index contributed by atoms with van der Waals surface area (Å²) in [6.45, 7) is 1.99. The van der Waals surface area contributed by atoms with Crippen molar-refractivity contribution < 1.29 is 13.6 Å². The second-order valence-corrected chi connectivity index (χ2v) is 6.02. The molecule has 0 saturated heterocycles. The quantitative estimate of drug-likeness (QED) is 0.543. The Balaban J connectivity index is 1.70. The number of halogens is 1. The number of hydrogen-bond donors (Lipinski definition) is 1. The number of carbonyl (C=O) groups is 1. The molecule has 25 heavy (non-hydrogen) atoms. The zero-order valence-corrected chi connectivity index (χ0v) is 14.0. The molecule has 1 N–H and O–H groups in total. The molecule has 0 bridgehead atoms. The van der Waals surface area contributed by atoms with Gasteiger partial charge in [-0.25, -0.2) is 4.98 Å². The van der Waals surface area contributed by atoms with Crippen LogP contribution < -0.4 is 5.32 Å². The molecule has 0 fully saturated rings. The molecule has 2 heterocycles. The van der Waals surface area contributed by atoms with E-state index in [1.165, 1.54) is 6.26 Å². The highest BCUT2D eigenvalue weighted by Gasteiger charge is 2.15. The topological polar surface area (TPSA) is 68.3 Å². The fraction of sp³-hybridized carbons (Fsp3) is 0.0526. The summed E-state index contributed by atoms with van der Waals surface area (Å²) >= 11 is 6.29. The van der Waals surface area contributed by atoms with Crippen LogP contribution in [0.25, 0.3) is 22.6 Å². The zero-order chi connectivity index (χ0) is 17.4. The molecule has 124 valence electrons. The molecule has 5 nitrogen and oxygen atoms in total. The van der Waals surface area contributed by atoms with E-state index in [0.29, 0.717) is 27.7 Å². The van der Waals surface area contributed by atoms with Crippen molar-refractivity contribution in [3.8, 4) is 11.5 Å². The molecular formula is C19H13ClN2O3. The lowest BCUT2D eigenvalue weighted by Gasteiger charge is -2.06. The number of nitrogens with one attached hydrogen (secondary N) is 1. The number of rotatable bonds is 3. The average molecular weight is 353 g/mol. The summed E-state index contributed by atoms with van der Waals surface area (Å²) in [5, 5.41) is 3.25. The Morgan fingerprint density at radius 1 is 1.16 bits per heavy atom. The number of anilines is 1. The SMILES string of the molecule is Cc1ccc2nc(-c3cc(NC(=O)c4ccco4)ccc3Cl)oc2c1. The molecule has 0 aliphatic heterocycles. The highest BCUT2D eigenvalue weighted by molar-refractivity contribution is 6.33. The van der Waals surface area contributed by atoms with Gasteiger partial charge in [0.15, 0.2) is 11.3 Å². The number of fused-ring (bicyclic) bond motifs is 1. The third-order valence-corrected chi connectivity index (χ3v) is 4.07. The number of aryl methyl sites for hydroxylation is 1. The number of furan rings is 1. The van der Waals surface area contributed by atoms with Gasteiger partial charge in [-0.1, -0.05) is 17.7 Å². The van der Waals surface area contributed by atoms with Crippen LogP contribution in [0, 0.1) is 6.92 Å². The first-order valence-electron chi connectivity index (χ1n) is 7.62. The first kappa shape index (κ1) is 15.5. The van der Waals surface area contributed by atoms with Gasteiger partial charge in [-0.05, 0) is 55.0 Å². The van der Waals surface area contributed by atoms with Crippen LogP contribution in [-0.4, -0.2) is 10.9 Å². The van der Waals surface area contributed by atoms with Crippen LogP contribution in [0.1, 0.15) is 16.1 Å². The monoisotopic (exact) mass is 352 g/mol. The average Bonchev–Trinajstić information content (AvgIpc) is 3.25. The van der Waals surface area contributed by atoms with Crippen molar-refractivity contribution in [2.45, 2.75) is 6.92 Å². The van der Waals surface area contributed by atoms with Crippen molar-refractivity contribution in [3.05, 3.63) is 71.1 Å². The van der Waals surface area contributed by atoms with Gasteiger partial charge in [-0.3, -0.25) is 4.79 Å². The minimum atomic E-state index is -0.341. The van der Waals surface area contributed by atoms with Crippen molar-refractivity contribution in [2.75, 3.05) is 5.32 Å². The zero-order valence-electron chi connectivity index (χ0n) is 13.2. The number of nitrogens with zero attached hydrogens (tertiary/aromatic N) is 1. The lowest BCUT2D eigenvalue weighted by atomic mass is 10.2. The number of benzene rings is 2. The summed E-state index contributed by atoms with van der Waals surface area (Å²) in [6, 6.07) is 14.2. The lowest BCUT2D eigenvalue weighted by molar-refractivity contribution is 0.0996. The maximum Gasteiger partial charge on any atom is 0.291 e. The summed E-state index contributed by atoms with van der Waals surface area (Å²) in [5.74, 6) is 0.292. The molecular weight excluding hydrogens is 340 g/mol. The smallest absolute Gasteiger partial charge is 0.291 e. The number of hydrogen-bond acceptors (Lipinski definition) is 4. The molecule has 4 rings (SSSR count). The molecule has 1 amide bonds. The van der Waals surface area contributed by atoms with Crippen LogP contribution in [0.4, 0.5) is 5.69 Å². The predicted octanol–water partition coefficient (Wildman–Crippen LogP) is 5.30. The normalized spacial score (nSPS) is 11.0. The van der Waals surface area contributed by atoms with Crippen LogP contribution in [0.3, 0.4) is 0 Å². The molecule has 0 spiro atoms. The van der Waals surface area contributed by atoms with E-state index < -0.39 is 0 Å². The van der Waals surface area contributed by atoms with Crippen molar-refractivity contribution in [3.63, 3.8) is 0 Å². The molecule has 0 aliphatic carbocycles. The van der Waals surface area contributed by atoms with Crippen LogP contribution in [0.2, 0.25) is 5.02 Å². The first-order valence-corrected chi connectivity index (χ1v) is 8.00. The standard InChI is InChI=1S/C19H13ClN2O3/c1-11-4-7-15-17(9-11)25-19(22-15)13-10-12(5-6-14(13)20)21-18(23)16-3-2-8-24-16/h2-10H,1H3,(H,21,23). The Morgan fingerprint density at radius 2 is 2.04 bits per heavy atom. The molecule has 6 heteroatoms. The maximum atomic E-state index is 12.1. The van der Waals surface area contributed by atoms with Crippen molar-refractivity contribution >= 4 is 34.3 Å². The minimum absolute atomic E-state index is 0.230. The second kappa shape index (κ2) is 6.11. The molecule has 0 unspecified atom stereocenters. The van der Waals surface area contributed by atoms with Crippen LogP contribution in [-0.2, 0) is 0 Å². The third kappa shape index (κ3) is 3.02. The molecule has 2 aromatic carbocycles. The highest BCUT2D eigenvalue weighted by Crippen LogP contribution is 2.32. The van der Waals surface area contributed by atoms with E-state index in [4.69, 9.17) is 20.4 Å². The molecule has 0 atom stereocenters. The van der Waals surface area contributed by atoms with Gasteiger partial charge in [-0.15, -0.1) is 0 Å². The van der Waals surface area contributed by atoms with Crippen molar-refractivity contribution in [1.29, 1.82) is 0 Å². The van der Waals surface area contributed by atoms with Crippen LogP contribution in [0.5, 0.6) is 0 Å². The molecule has 0 aliphatic rings. The number of aromatic nitrogens is 1. The van der Waals surface area contributed by atoms with Crippen molar-refractivity contribution in [1.82, 2.24) is 4.98 Å². The second-order valence-electron chi connectivity index (χ2n) is 5.62. The minimum Gasteiger partial charge on any atom is -0.459 e. The Labute approximate surface area is 148 Å². The molecule has 0 radical (unpaired) electrons. The number of oxazole rings is 1.